The Morgan fingerprint density at radius 2 is 1.97 bits per heavy atom. The molecule has 0 saturated carbocycles. The van der Waals surface area contributed by atoms with Crippen LogP contribution in [-0.2, 0) is 4.74 Å². The molecule has 1 aromatic heterocycles. The van der Waals surface area contributed by atoms with E-state index in [1.807, 2.05) is 0 Å². The maximum absolute atomic E-state index is 11.7. The zero-order chi connectivity index (χ0) is 23.2. The van der Waals surface area contributed by atoms with Crippen LogP contribution in [0, 0.1) is 10.1 Å². The second-order valence-electron chi connectivity index (χ2n) is 7.46. The summed E-state index contributed by atoms with van der Waals surface area (Å²) in [6, 6.07) is 10.6. The molecule has 10 heteroatoms. The van der Waals surface area contributed by atoms with E-state index in [1.165, 1.54) is 13.3 Å². The molecule has 33 heavy (non-hydrogen) atoms. The lowest BCUT2D eigenvalue weighted by molar-refractivity contribution is -0.384. The third-order valence-electron chi connectivity index (χ3n) is 5.44. The SMILES string of the molecule is COc1cccc(Nc2c([N+](=O)[O-])cnc3cc(OCCN4CCOCC4)c(OC)cc23)c1. The number of morpholine rings is 1. The first-order chi connectivity index (χ1) is 16.1. The Morgan fingerprint density at radius 3 is 2.70 bits per heavy atom. The van der Waals surface area contributed by atoms with Crippen molar-refractivity contribution in [1.29, 1.82) is 0 Å². The number of rotatable bonds is 9. The summed E-state index contributed by atoms with van der Waals surface area (Å²) in [5.41, 5.74) is 1.37. The summed E-state index contributed by atoms with van der Waals surface area (Å²) in [6.07, 6.45) is 1.24. The molecule has 4 rings (SSSR count). The van der Waals surface area contributed by atoms with E-state index < -0.39 is 4.92 Å². The first-order valence-corrected chi connectivity index (χ1v) is 10.6. The molecule has 0 atom stereocenters. The van der Waals surface area contributed by atoms with Gasteiger partial charge in [-0.2, -0.15) is 0 Å². The summed E-state index contributed by atoms with van der Waals surface area (Å²) in [7, 11) is 3.10. The van der Waals surface area contributed by atoms with Crippen LogP contribution in [0.5, 0.6) is 17.2 Å². The lowest BCUT2D eigenvalue weighted by Gasteiger charge is -2.26. The molecule has 1 aliphatic heterocycles. The fraction of sp³-hybridized carbons (Fsp3) is 0.348. The Bertz CT molecular complexity index is 1130. The molecular formula is C23H26N4O6. The van der Waals surface area contributed by atoms with E-state index in [2.05, 4.69) is 15.2 Å². The zero-order valence-electron chi connectivity index (χ0n) is 18.6. The Labute approximate surface area is 191 Å². The predicted molar refractivity (Wildman–Crippen MR) is 124 cm³/mol. The normalized spacial score (nSPS) is 14.1. The standard InChI is InChI=1S/C23H26N4O6/c1-30-17-5-3-4-16(12-17)25-23-18-13-21(31-2)22(14-19(18)24-15-20(23)27(28)29)33-11-8-26-6-9-32-10-7-26/h3-5,12-15H,6-11H2,1-2H3,(H,24,25). The molecule has 0 spiro atoms. The van der Waals surface area contributed by atoms with Crippen molar-refractivity contribution >= 4 is 28.0 Å². The van der Waals surface area contributed by atoms with Gasteiger partial charge >= 0.3 is 5.69 Å². The van der Waals surface area contributed by atoms with E-state index in [4.69, 9.17) is 18.9 Å². The van der Waals surface area contributed by atoms with Gasteiger partial charge in [0, 0.05) is 42.8 Å². The van der Waals surface area contributed by atoms with Crippen molar-refractivity contribution in [2.45, 2.75) is 0 Å². The van der Waals surface area contributed by atoms with Crippen LogP contribution < -0.4 is 19.5 Å². The summed E-state index contributed by atoms with van der Waals surface area (Å²) in [5, 5.41) is 15.4. The van der Waals surface area contributed by atoms with Gasteiger partial charge in [-0.15, -0.1) is 0 Å². The Kier molecular flexibility index (Phi) is 7.06. The van der Waals surface area contributed by atoms with Crippen molar-refractivity contribution in [2.24, 2.45) is 0 Å². The highest BCUT2D eigenvalue weighted by molar-refractivity contribution is 5.99. The average molecular weight is 454 g/mol. The quantitative estimate of drug-likeness (QED) is 0.383. The second-order valence-corrected chi connectivity index (χ2v) is 7.46. The molecular weight excluding hydrogens is 428 g/mol. The van der Waals surface area contributed by atoms with Crippen LogP contribution in [0.3, 0.4) is 0 Å². The summed E-state index contributed by atoms with van der Waals surface area (Å²) >= 11 is 0. The molecule has 0 aliphatic carbocycles. The Morgan fingerprint density at radius 1 is 1.15 bits per heavy atom. The van der Waals surface area contributed by atoms with E-state index >= 15 is 0 Å². The van der Waals surface area contributed by atoms with E-state index in [-0.39, 0.29) is 5.69 Å². The zero-order valence-corrected chi connectivity index (χ0v) is 18.6. The van der Waals surface area contributed by atoms with Gasteiger partial charge in [-0.25, -0.2) is 4.98 Å². The van der Waals surface area contributed by atoms with Gasteiger partial charge in [-0.3, -0.25) is 15.0 Å². The fourth-order valence-electron chi connectivity index (χ4n) is 3.69. The highest BCUT2D eigenvalue weighted by atomic mass is 16.6. The molecule has 1 fully saturated rings. The van der Waals surface area contributed by atoms with Gasteiger partial charge in [0.2, 0.25) is 0 Å². The number of hydrogen-bond acceptors (Lipinski definition) is 9. The third kappa shape index (κ3) is 5.24. The van der Waals surface area contributed by atoms with Crippen LogP contribution in [0.25, 0.3) is 10.9 Å². The molecule has 1 aliphatic rings. The fourth-order valence-corrected chi connectivity index (χ4v) is 3.69. The van der Waals surface area contributed by atoms with Crippen LogP contribution in [0.2, 0.25) is 0 Å². The lowest BCUT2D eigenvalue weighted by atomic mass is 10.1. The van der Waals surface area contributed by atoms with Crippen molar-refractivity contribution in [3.05, 3.63) is 52.7 Å². The number of nitrogens with one attached hydrogen (secondary N) is 1. The van der Waals surface area contributed by atoms with Gasteiger partial charge in [0.25, 0.3) is 0 Å². The summed E-state index contributed by atoms with van der Waals surface area (Å²) in [4.78, 5) is 17.8. The molecule has 2 heterocycles. The maximum Gasteiger partial charge on any atom is 0.311 e. The topological polar surface area (TPSA) is 108 Å². The number of methoxy groups -OCH3 is 2. The van der Waals surface area contributed by atoms with Crippen molar-refractivity contribution < 1.29 is 23.9 Å². The van der Waals surface area contributed by atoms with Crippen molar-refractivity contribution in [1.82, 2.24) is 9.88 Å². The van der Waals surface area contributed by atoms with Crippen LogP contribution in [0.1, 0.15) is 0 Å². The first kappa shape index (κ1) is 22.6. The largest absolute Gasteiger partial charge is 0.497 e. The average Bonchev–Trinajstić information content (AvgIpc) is 2.84. The lowest BCUT2D eigenvalue weighted by Crippen LogP contribution is -2.38. The van der Waals surface area contributed by atoms with E-state index in [1.54, 1.807) is 43.5 Å². The minimum atomic E-state index is -0.464. The van der Waals surface area contributed by atoms with Crippen LogP contribution in [0.4, 0.5) is 17.1 Å². The monoisotopic (exact) mass is 454 g/mol. The minimum Gasteiger partial charge on any atom is -0.497 e. The Hall–Kier alpha value is -3.63. The van der Waals surface area contributed by atoms with Gasteiger partial charge in [0.05, 0.1) is 37.9 Å². The van der Waals surface area contributed by atoms with Gasteiger partial charge in [-0.05, 0) is 18.2 Å². The maximum atomic E-state index is 11.7. The van der Waals surface area contributed by atoms with Crippen LogP contribution in [-0.4, -0.2) is 68.5 Å². The van der Waals surface area contributed by atoms with E-state index in [9.17, 15) is 10.1 Å². The first-order valence-electron chi connectivity index (χ1n) is 10.6. The molecule has 10 nitrogen and oxygen atoms in total. The van der Waals surface area contributed by atoms with Gasteiger partial charge in [0.15, 0.2) is 11.5 Å². The Balaban J connectivity index is 1.65. The van der Waals surface area contributed by atoms with Gasteiger partial charge in [0.1, 0.15) is 24.2 Å². The van der Waals surface area contributed by atoms with Gasteiger partial charge in [-0.1, -0.05) is 6.07 Å². The summed E-state index contributed by atoms with van der Waals surface area (Å²) < 4.78 is 22.1. The number of aromatic nitrogens is 1. The molecule has 2 aromatic carbocycles. The molecule has 0 bridgehead atoms. The van der Waals surface area contributed by atoms with Crippen LogP contribution in [0.15, 0.2) is 42.6 Å². The number of hydrogen-bond donors (Lipinski definition) is 1. The minimum absolute atomic E-state index is 0.145. The number of ether oxygens (including phenoxy) is 4. The van der Waals surface area contributed by atoms with Crippen molar-refractivity contribution in [2.75, 3.05) is 59.0 Å². The third-order valence-corrected chi connectivity index (χ3v) is 5.44. The molecule has 0 radical (unpaired) electrons. The van der Waals surface area contributed by atoms with Crippen molar-refractivity contribution in [3.63, 3.8) is 0 Å². The second kappa shape index (κ2) is 10.3. The number of fused-ring (bicyclic) bond motifs is 1. The molecule has 3 aromatic rings. The number of benzene rings is 2. The van der Waals surface area contributed by atoms with E-state index in [0.29, 0.717) is 46.1 Å². The number of pyridine rings is 1. The molecule has 174 valence electrons. The molecule has 1 saturated heterocycles. The smallest absolute Gasteiger partial charge is 0.311 e. The number of nitrogens with zero attached hydrogens (tertiary/aromatic N) is 3. The molecule has 0 amide bonds. The van der Waals surface area contributed by atoms with E-state index in [0.717, 1.165) is 32.8 Å². The van der Waals surface area contributed by atoms with Crippen LogP contribution >= 0.6 is 0 Å². The molecule has 1 N–H and O–H groups in total. The number of anilines is 2. The predicted octanol–water partition coefficient (Wildman–Crippen LogP) is 3.61. The summed E-state index contributed by atoms with van der Waals surface area (Å²) in [5.74, 6) is 1.64. The van der Waals surface area contributed by atoms with Gasteiger partial charge < -0.3 is 24.3 Å². The highest BCUT2D eigenvalue weighted by Gasteiger charge is 2.21. The van der Waals surface area contributed by atoms with Crippen molar-refractivity contribution in [3.8, 4) is 17.2 Å². The highest BCUT2D eigenvalue weighted by Crippen LogP contribution is 2.40. The number of nitro groups is 1. The summed E-state index contributed by atoms with van der Waals surface area (Å²) in [6.45, 7) is 4.45. The molecule has 0 unspecified atom stereocenters.